The highest BCUT2D eigenvalue weighted by molar-refractivity contribution is 5.94. The molecular weight excluding hydrogens is 442 g/mol. The molecule has 0 bridgehead atoms. The van der Waals surface area contributed by atoms with Crippen molar-refractivity contribution in [2.75, 3.05) is 0 Å². The molecule has 4 aromatic carbocycles. The topological polar surface area (TPSA) is 46.4 Å². The number of fused-ring (bicyclic) bond motifs is 1. The maximum absolute atomic E-state index is 12.4. The molecule has 5 aromatic rings. The van der Waals surface area contributed by atoms with E-state index in [1.165, 1.54) is 16.5 Å². The minimum Gasteiger partial charge on any atom is -0.348 e. The van der Waals surface area contributed by atoms with Crippen LogP contribution in [0.1, 0.15) is 22.4 Å². The van der Waals surface area contributed by atoms with Gasteiger partial charge in [-0.05, 0) is 35.4 Å². The summed E-state index contributed by atoms with van der Waals surface area (Å²) in [6, 6.07) is 38.7. The van der Waals surface area contributed by atoms with Crippen LogP contribution in [0.5, 0.6) is 0 Å². The Kier molecular flexibility index (Phi) is 7.14. The lowest BCUT2D eigenvalue weighted by atomic mass is 10.1. The summed E-state index contributed by atoms with van der Waals surface area (Å²) in [5, 5.41) is 4.10. The van der Waals surface area contributed by atoms with Crippen molar-refractivity contribution in [3.8, 4) is 0 Å². The first-order valence-corrected chi connectivity index (χ1v) is 12.0. The van der Waals surface area contributed by atoms with Crippen molar-refractivity contribution < 1.29 is 4.79 Å². The minimum atomic E-state index is -0.138. The van der Waals surface area contributed by atoms with Crippen LogP contribution < -0.4 is 5.32 Å². The molecule has 0 radical (unpaired) electrons. The van der Waals surface area contributed by atoms with Gasteiger partial charge in [0.2, 0.25) is 5.91 Å². The van der Waals surface area contributed by atoms with Gasteiger partial charge < -0.3 is 9.88 Å². The highest BCUT2D eigenvalue weighted by Gasteiger charge is 2.08. The Hall–Kier alpha value is -4.70. The normalized spacial score (nSPS) is 11.4. The number of nitrogens with one attached hydrogen (secondary N) is 1. The number of aliphatic imine (C=N–C) groups is 1. The second-order valence-electron chi connectivity index (χ2n) is 8.55. The average molecular weight is 470 g/mol. The van der Waals surface area contributed by atoms with Crippen LogP contribution in [0.4, 0.5) is 5.69 Å². The molecule has 0 saturated carbocycles. The van der Waals surface area contributed by atoms with Gasteiger partial charge in [0.25, 0.3) is 0 Å². The highest BCUT2D eigenvalue weighted by Crippen LogP contribution is 2.23. The van der Waals surface area contributed by atoms with Crippen LogP contribution in [0, 0.1) is 0 Å². The lowest BCUT2D eigenvalue weighted by Crippen LogP contribution is -2.20. The zero-order valence-electron chi connectivity index (χ0n) is 19.9. The Balaban J connectivity index is 1.36. The predicted molar refractivity (Wildman–Crippen MR) is 149 cm³/mol. The minimum absolute atomic E-state index is 0.138. The van der Waals surface area contributed by atoms with Gasteiger partial charge in [0.1, 0.15) is 0 Å². The summed E-state index contributed by atoms with van der Waals surface area (Å²) in [4.78, 5) is 17.2. The third-order valence-electron chi connectivity index (χ3n) is 6.02. The summed E-state index contributed by atoms with van der Waals surface area (Å²) in [7, 11) is 0. The number of hydrogen-bond acceptors (Lipinski definition) is 2. The first-order chi connectivity index (χ1) is 17.8. The van der Waals surface area contributed by atoms with Crippen molar-refractivity contribution in [3.63, 3.8) is 0 Å². The molecule has 0 spiro atoms. The fraction of sp³-hybridized carbons (Fsp3) is 0.0625. The molecule has 1 N–H and O–H groups in total. The highest BCUT2D eigenvalue weighted by atomic mass is 16.1. The molecule has 0 aliphatic rings. The summed E-state index contributed by atoms with van der Waals surface area (Å²) < 4.78 is 2.28. The van der Waals surface area contributed by atoms with E-state index in [1.54, 1.807) is 6.08 Å². The van der Waals surface area contributed by atoms with Crippen molar-refractivity contribution in [3.05, 3.63) is 144 Å². The first-order valence-electron chi connectivity index (χ1n) is 12.0. The molecule has 4 heteroatoms. The predicted octanol–water partition coefficient (Wildman–Crippen LogP) is 6.77. The molecule has 1 heterocycles. The Morgan fingerprint density at radius 1 is 0.778 bits per heavy atom. The second-order valence-corrected chi connectivity index (χ2v) is 8.55. The third-order valence-corrected chi connectivity index (χ3v) is 6.02. The molecule has 1 aromatic heterocycles. The molecule has 0 atom stereocenters. The maximum atomic E-state index is 12.4. The molecule has 0 unspecified atom stereocenters. The number of nitrogens with zero attached hydrogens (tertiary/aromatic N) is 2. The van der Waals surface area contributed by atoms with Crippen molar-refractivity contribution in [2.24, 2.45) is 4.99 Å². The van der Waals surface area contributed by atoms with E-state index in [1.807, 2.05) is 73.0 Å². The van der Waals surface area contributed by atoms with Gasteiger partial charge in [0, 0.05) is 35.6 Å². The Bertz CT molecular complexity index is 1520. The molecule has 1 amide bonds. The third kappa shape index (κ3) is 5.68. The van der Waals surface area contributed by atoms with E-state index >= 15 is 0 Å². The Labute approximate surface area is 211 Å². The second kappa shape index (κ2) is 11.2. The van der Waals surface area contributed by atoms with Gasteiger partial charge in [0.15, 0.2) is 0 Å². The fourth-order valence-corrected chi connectivity index (χ4v) is 4.17. The van der Waals surface area contributed by atoms with Gasteiger partial charge >= 0.3 is 0 Å². The van der Waals surface area contributed by atoms with Crippen molar-refractivity contribution in [1.82, 2.24) is 9.88 Å². The number of carbonyl (C=O) groups is 1. The van der Waals surface area contributed by atoms with Gasteiger partial charge in [-0.3, -0.25) is 9.79 Å². The van der Waals surface area contributed by atoms with Crippen LogP contribution in [0.2, 0.25) is 0 Å². The quantitative estimate of drug-likeness (QED) is 0.198. The van der Waals surface area contributed by atoms with E-state index in [0.29, 0.717) is 6.54 Å². The number of benzene rings is 4. The van der Waals surface area contributed by atoms with E-state index in [2.05, 4.69) is 64.5 Å². The zero-order chi connectivity index (χ0) is 24.6. The van der Waals surface area contributed by atoms with E-state index in [0.717, 1.165) is 29.1 Å². The van der Waals surface area contributed by atoms with E-state index in [9.17, 15) is 4.79 Å². The number of para-hydroxylation sites is 2. The molecule has 4 nitrogen and oxygen atoms in total. The molecule has 0 fully saturated rings. The lowest BCUT2D eigenvalue weighted by molar-refractivity contribution is -0.116. The smallest absolute Gasteiger partial charge is 0.244 e. The zero-order valence-corrected chi connectivity index (χ0v) is 19.9. The summed E-state index contributed by atoms with van der Waals surface area (Å²) in [5.41, 5.74) is 6.19. The maximum Gasteiger partial charge on any atom is 0.244 e. The largest absolute Gasteiger partial charge is 0.348 e. The van der Waals surface area contributed by atoms with Crippen LogP contribution >= 0.6 is 0 Å². The van der Waals surface area contributed by atoms with Crippen LogP contribution in [0.25, 0.3) is 17.0 Å². The number of aromatic nitrogens is 1. The summed E-state index contributed by atoms with van der Waals surface area (Å²) in [6.07, 6.45) is 5.28. The molecule has 36 heavy (non-hydrogen) atoms. The number of carbonyl (C=O) groups excluding carboxylic acids is 1. The SMILES string of the molecule is O=C(/C=C\c1ccccc1N=Cc1cc2ccccc2n1Cc1ccccc1)NCc1ccccc1. The number of hydrogen-bond donors (Lipinski definition) is 1. The molecule has 0 aliphatic carbocycles. The van der Waals surface area contributed by atoms with E-state index in [4.69, 9.17) is 4.99 Å². The van der Waals surface area contributed by atoms with E-state index in [-0.39, 0.29) is 5.91 Å². The standard InChI is InChI=1S/C32H27N3O/c36-32(34-22-25-11-3-1-4-12-25)20-19-27-15-7-9-17-30(27)33-23-29-21-28-16-8-10-18-31(28)35(29)24-26-13-5-2-6-14-26/h1-21,23H,22,24H2,(H,34,36)/b20-19-,33-23?. The fourth-order valence-electron chi connectivity index (χ4n) is 4.17. The van der Waals surface area contributed by atoms with Gasteiger partial charge in [-0.2, -0.15) is 0 Å². The average Bonchev–Trinajstić information content (AvgIpc) is 3.28. The van der Waals surface area contributed by atoms with Gasteiger partial charge in [-0.1, -0.05) is 97.1 Å². The molecule has 176 valence electrons. The summed E-state index contributed by atoms with van der Waals surface area (Å²) in [5.74, 6) is -0.138. The summed E-state index contributed by atoms with van der Waals surface area (Å²) >= 11 is 0. The molecule has 5 rings (SSSR count). The lowest BCUT2D eigenvalue weighted by Gasteiger charge is -2.09. The first kappa shape index (κ1) is 23.1. The van der Waals surface area contributed by atoms with Crippen LogP contribution in [-0.4, -0.2) is 16.7 Å². The Morgan fingerprint density at radius 2 is 1.44 bits per heavy atom. The molecule has 0 aliphatic heterocycles. The molecule has 0 saturated heterocycles. The van der Waals surface area contributed by atoms with Gasteiger partial charge in [-0.15, -0.1) is 0 Å². The van der Waals surface area contributed by atoms with Crippen LogP contribution in [-0.2, 0) is 17.9 Å². The van der Waals surface area contributed by atoms with Gasteiger partial charge in [0.05, 0.1) is 17.6 Å². The van der Waals surface area contributed by atoms with Crippen molar-refractivity contribution in [1.29, 1.82) is 0 Å². The van der Waals surface area contributed by atoms with Crippen LogP contribution in [0.15, 0.2) is 126 Å². The van der Waals surface area contributed by atoms with Crippen molar-refractivity contribution >= 4 is 34.8 Å². The monoisotopic (exact) mass is 469 g/mol. The Morgan fingerprint density at radius 3 is 2.25 bits per heavy atom. The van der Waals surface area contributed by atoms with Gasteiger partial charge in [-0.25, -0.2) is 0 Å². The molecular formula is C32H27N3O. The van der Waals surface area contributed by atoms with Crippen LogP contribution in [0.3, 0.4) is 0 Å². The number of amides is 1. The summed E-state index contributed by atoms with van der Waals surface area (Å²) in [6.45, 7) is 1.26. The van der Waals surface area contributed by atoms with Crippen molar-refractivity contribution in [2.45, 2.75) is 13.1 Å². The number of rotatable bonds is 8. The van der Waals surface area contributed by atoms with E-state index < -0.39 is 0 Å².